The van der Waals surface area contributed by atoms with Gasteiger partial charge >= 0.3 is 0 Å². The van der Waals surface area contributed by atoms with Gasteiger partial charge in [-0.2, -0.15) is 0 Å². The first-order valence-electron chi connectivity index (χ1n) is 27.9. The predicted molar refractivity (Wildman–Crippen MR) is 276 cm³/mol. The van der Waals surface area contributed by atoms with Gasteiger partial charge < -0.3 is 15.5 Å². The first-order valence-corrected chi connectivity index (χ1v) is 27.9. The molecular weight excluding hydrogens is 759 g/mol. The van der Waals surface area contributed by atoms with E-state index in [0.717, 1.165) is 38.5 Å². The lowest BCUT2D eigenvalue weighted by atomic mass is 10.0. The molecule has 0 bridgehead atoms. The Morgan fingerprint density at radius 2 is 0.629 bits per heavy atom. The molecule has 3 N–H and O–H groups in total. The van der Waals surface area contributed by atoms with E-state index in [9.17, 15) is 15.0 Å². The molecule has 0 rings (SSSR count). The molecule has 0 radical (unpaired) electrons. The maximum atomic E-state index is 12.5. The van der Waals surface area contributed by atoms with Gasteiger partial charge in [0.1, 0.15) is 0 Å². The molecule has 2 atom stereocenters. The number of allylic oxidation sites excluding steroid dienone is 7. The molecule has 0 aromatic rings. The third-order valence-electron chi connectivity index (χ3n) is 12.8. The van der Waals surface area contributed by atoms with E-state index in [1.54, 1.807) is 6.08 Å². The predicted octanol–water partition coefficient (Wildman–Crippen LogP) is 18.3. The number of carbonyl (C=O) groups is 1. The third kappa shape index (κ3) is 49.4. The van der Waals surface area contributed by atoms with Crippen molar-refractivity contribution in [2.45, 2.75) is 309 Å². The number of aliphatic hydroxyl groups excluding tert-OH is 2. The van der Waals surface area contributed by atoms with Crippen LogP contribution in [0.15, 0.2) is 48.6 Å². The zero-order chi connectivity index (χ0) is 44.9. The number of hydrogen-bond acceptors (Lipinski definition) is 3. The van der Waals surface area contributed by atoms with Gasteiger partial charge in [0.2, 0.25) is 5.91 Å². The number of carbonyl (C=O) groups excluding carboxylic acids is 1. The number of aliphatic hydroxyl groups is 2. The zero-order valence-corrected chi connectivity index (χ0v) is 41.9. The topological polar surface area (TPSA) is 69.6 Å². The van der Waals surface area contributed by atoms with Crippen molar-refractivity contribution in [1.29, 1.82) is 0 Å². The SMILES string of the molecule is CCCCCCCCCC/C=C\CCCCCCCCCCCCCCCCCCCC(=O)NC(CO)C(O)/C=C/CC/C=C/CC/C=C/CCCCCCCCCCCCC. The molecular formula is C58H109NO3. The Kier molecular flexibility index (Phi) is 52.3. The molecule has 0 heterocycles. The number of amides is 1. The highest BCUT2D eigenvalue weighted by Crippen LogP contribution is 2.16. The summed E-state index contributed by atoms with van der Waals surface area (Å²) in [5, 5.41) is 23.1. The smallest absolute Gasteiger partial charge is 0.220 e. The average Bonchev–Trinajstić information content (AvgIpc) is 3.28. The van der Waals surface area contributed by atoms with E-state index in [1.165, 1.54) is 238 Å². The normalized spacial score (nSPS) is 13.2. The Morgan fingerprint density at radius 3 is 0.935 bits per heavy atom. The molecule has 0 fully saturated rings. The molecule has 62 heavy (non-hydrogen) atoms. The van der Waals surface area contributed by atoms with Crippen LogP contribution in [0.3, 0.4) is 0 Å². The van der Waals surface area contributed by atoms with Gasteiger partial charge in [0.25, 0.3) is 0 Å². The molecule has 0 saturated carbocycles. The number of nitrogens with one attached hydrogen (secondary N) is 1. The Hall–Kier alpha value is -1.65. The van der Waals surface area contributed by atoms with Crippen LogP contribution in [0.25, 0.3) is 0 Å². The number of hydrogen-bond donors (Lipinski definition) is 3. The Balaban J connectivity index is 3.52. The molecule has 4 nitrogen and oxygen atoms in total. The fourth-order valence-electron chi connectivity index (χ4n) is 8.50. The maximum absolute atomic E-state index is 12.5. The highest BCUT2D eigenvalue weighted by molar-refractivity contribution is 5.76. The minimum absolute atomic E-state index is 0.0741. The van der Waals surface area contributed by atoms with Crippen molar-refractivity contribution >= 4 is 5.91 Å². The number of unbranched alkanes of at least 4 members (excludes halogenated alkanes) is 38. The summed E-state index contributed by atoms with van der Waals surface area (Å²) in [5.74, 6) is -0.0741. The average molecular weight is 869 g/mol. The summed E-state index contributed by atoms with van der Waals surface area (Å²) in [5.41, 5.74) is 0. The van der Waals surface area contributed by atoms with Crippen LogP contribution in [0.4, 0.5) is 0 Å². The van der Waals surface area contributed by atoms with Gasteiger partial charge in [0.15, 0.2) is 0 Å². The van der Waals surface area contributed by atoms with E-state index >= 15 is 0 Å². The molecule has 0 saturated heterocycles. The summed E-state index contributed by atoms with van der Waals surface area (Å²) in [4.78, 5) is 12.5. The van der Waals surface area contributed by atoms with Crippen molar-refractivity contribution in [2.75, 3.05) is 6.61 Å². The molecule has 0 aliphatic rings. The minimum atomic E-state index is -0.870. The second kappa shape index (κ2) is 53.7. The van der Waals surface area contributed by atoms with Crippen LogP contribution in [0.1, 0.15) is 296 Å². The van der Waals surface area contributed by atoms with Crippen LogP contribution in [0.5, 0.6) is 0 Å². The summed E-state index contributed by atoms with van der Waals surface area (Å²) in [6, 6.07) is -0.645. The number of rotatable bonds is 51. The van der Waals surface area contributed by atoms with E-state index < -0.39 is 12.1 Å². The van der Waals surface area contributed by atoms with Crippen LogP contribution >= 0.6 is 0 Å². The Morgan fingerprint density at radius 1 is 0.371 bits per heavy atom. The maximum Gasteiger partial charge on any atom is 0.220 e. The van der Waals surface area contributed by atoms with E-state index in [2.05, 4.69) is 55.6 Å². The first-order chi connectivity index (χ1) is 30.7. The molecule has 0 aliphatic heterocycles. The summed E-state index contributed by atoms with van der Waals surface area (Å²) in [6.45, 7) is 4.32. The van der Waals surface area contributed by atoms with Gasteiger partial charge in [-0.15, -0.1) is 0 Å². The van der Waals surface area contributed by atoms with Gasteiger partial charge in [0, 0.05) is 6.42 Å². The van der Waals surface area contributed by atoms with Gasteiger partial charge in [-0.05, 0) is 70.6 Å². The van der Waals surface area contributed by atoms with Gasteiger partial charge in [-0.3, -0.25) is 4.79 Å². The van der Waals surface area contributed by atoms with Gasteiger partial charge in [-0.25, -0.2) is 0 Å². The second-order valence-corrected chi connectivity index (χ2v) is 19.0. The lowest BCUT2D eigenvalue weighted by Crippen LogP contribution is -2.45. The molecule has 4 heteroatoms. The van der Waals surface area contributed by atoms with Crippen LogP contribution in [-0.4, -0.2) is 34.9 Å². The fraction of sp³-hybridized carbons (Fsp3) is 0.845. The molecule has 0 spiro atoms. The Labute approximate surface area is 388 Å². The third-order valence-corrected chi connectivity index (χ3v) is 12.8. The summed E-state index contributed by atoms with van der Waals surface area (Å²) < 4.78 is 0. The van der Waals surface area contributed by atoms with Crippen LogP contribution in [0, 0.1) is 0 Å². The molecule has 0 aliphatic carbocycles. The first kappa shape index (κ1) is 60.4. The van der Waals surface area contributed by atoms with Crippen molar-refractivity contribution in [2.24, 2.45) is 0 Å². The Bertz CT molecular complexity index is 985. The van der Waals surface area contributed by atoms with E-state index in [4.69, 9.17) is 0 Å². The molecule has 0 aromatic carbocycles. The van der Waals surface area contributed by atoms with Crippen molar-refractivity contribution in [3.63, 3.8) is 0 Å². The standard InChI is InChI=1S/C58H109NO3/c1-3-5-7-9-11-13-15-17-19-21-23-25-26-27-28-29-30-31-32-34-36-38-40-42-44-46-48-50-52-54-58(62)59-56(55-60)57(61)53-51-49-47-45-43-41-39-37-35-33-24-22-20-18-16-14-12-10-8-6-4-2/h21,23,35,37,43,45,51,53,56-57,60-61H,3-20,22,24-34,36,38-42,44,46-50,52,54-55H2,1-2H3,(H,59,62)/b23-21-,37-35+,45-43+,53-51+. The van der Waals surface area contributed by atoms with Gasteiger partial charge in [-0.1, -0.05) is 268 Å². The van der Waals surface area contributed by atoms with E-state index in [0.29, 0.717) is 6.42 Å². The lowest BCUT2D eigenvalue weighted by molar-refractivity contribution is -0.123. The molecule has 2 unspecified atom stereocenters. The van der Waals surface area contributed by atoms with Crippen LogP contribution in [-0.2, 0) is 4.79 Å². The summed E-state index contributed by atoms with van der Waals surface area (Å²) in [7, 11) is 0. The van der Waals surface area contributed by atoms with Crippen LogP contribution < -0.4 is 5.32 Å². The van der Waals surface area contributed by atoms with Crippen molar-refractivity contribution in [1.82, 2.24) is 5.32 Å². The minimum Gasteiger partial charge on any atom is -0.394 e. The second-order valence-electron chi connectivity index (χ2n) is 19.0. The quantitative estimate of drug-likeness (QED) is 0.0421. The molecule has 364 valence electrons. The van der Waals surface area contributed by atoms with E-state index in [1.807, 2.05) is 6.08 Å². The zero-order valence-electron chi connectivity index (χ0n) is 41.9. The largest absolute Gasteiger partial charge is 0.394 e. The summed E-state index contributed by atoms with van der Waals surface area (Å²) >= 11 is 0. The molecule has 0 aromatic heterocycles. The monoisotopic (exact) mass is 868 g/mol. The van der Waals surface area contributed by atoms with Gasteiger partial charge in [0.05, 0.1) is 18.8 Å². The fourth-order valence-corrected chi connectivity index (χ4v) is 8.50. The van der Waals surface area contributed by atoms with Crippen molar-refractivity contribution < 1.29 is 15.0 Å². The van der Waals surface area contributed by atoms with Crippen LogP contribution in [0.2, 0.25) is 0 Å². The molecule has 1 amide bonds. The van der Waals surface area contributed by atoms with E-state index in [-0.39, 0.29) is 12.5 Å². The summed E-state index contributed by atoms with van der Waals surface area (Å²) in [6.07, 6.45) is 74.2. The highest BCUT2D eigenvalue weighted by Gasteiger charge is 2.18. The van der Waals surface area contributed by atoms with Crippen molar-refractivity contribution in [3.05, 3.63) is 48.6 Å². The highest BCUT2D eigenvalue weighted by atomic mass is 16.3. The van der Waals surface area contributed by atoms with Crippen molar-refractivity contribution in [3.8, 4) is 0 Å². The lowest BCUT2D eigenvalue weighted by Gasteiger charge is -2.19.